The molecular weight excluding hydrogens is 260 g/mol. The first-order chi connectivity index (χ1) is 9.25. The molecular formula is C14H14N2O4. The van der Waals surface area contributed by atoms with Crippen LogP contribution in [-0.2, 0) is 0 Å². The Bertz CT molecular complexity index is 824. The molecule has 0 spiro atoms. The van der Waals surface area contributed by atoms with Crippen LogP contribution in [0.2, 0.25) is 0 Å². The van der Waals surface area contributed by atoms with Gasteiger partial charge in [0.2, 0.25) is 11.8 Å². The second-order valence-electron chi connectivity index (χ2n) is 4.70. The van der Waals surface area contributed by atoms with Crippen LogP contribution < -0.4 is 5.69 Å². The summed E-state index contributed by atoms with van der Waals surface area (Å²) >= 11 is 0. The van der Waals surface area contributed by atoms with Crippen LogP contribution in [0.4, 0.5) is 0 Å². The second-order valence-corrected chi connectivity index (χ2v) is 4.70. The highest BCUT2D eigenvalue weighted by atomic mass is 16.2. The van der Waals surface area contributed by atoms with Crippen LogP contribution in [0, 0.1) is 6.92 Å². The molecule has 20 heavy (non-hydrogen) atoms. The van der Waals surface area contributed by atoms with Crippen LogP contribution in [0.5, 0.6) is 0 Å². The van der Waals surface area contributed by atoms with E-state index in [1.54, 1.807) is 13.0 Å². The Kier molecular flexibility index (Phi) is 3.17. The van der Waals surface area contributed by atoms with Gasteiger partial charge in [0.25, 0.3) is 0 Å². The quantitative estimate of drug-likeness (QED) is 0.740. The summed E-state index contributed by atoms with van der Waals surface area (Å²) in [6.45, 7) is 5.61. The van der Waals surface area contributed by atoms with Crippen molar-refractivity contribution in [3.63, 3.8) is 0 Å². The van der Waals surface area contributed by atoms with Crippen molar-refractivity contribution >= 4 is 28.6 Å². The number of fused-ring (bicyclic) bond motifs is 1. The van der Waals surface area contributed by atoms with Gasteiger partial charge in [0.1, 0.15) is 0 Å². The van der Waals surface area contributed by atoms with E-state index in [9.17, 15) is 19.2 Å². The number of Topliss-reactive ketones (excluding diaryl/α,β-unsaturated/α-hetero) is 1. The first-order valence-electron chi connectivity index (χ1n) is 6.06. The van der Waals surface area contributed by atoms with Crippen LogP contribution in [0.1, 0.15) is 46.3 Å². The number of aryl methyl sites for hydroxylation is 1. The molecule has 1 aromatic carbocycles. The van der Waals surface area contributed by atoms with Crippen molar-refractivity contribution in [3.05, 3.63) is 33.7 Å². The second kappa shape index (κ2) is 4.56. The third kappa shape index (κ3) is 1.89. The van der Waals surface area contributed by atoms with E-state index in [0.717, 1.165) is 9.13 Å². The maximum atomic E-state index is 12.2. The van der Waals surface area contributed by atoms with Crippen molar-refractivity contribution < 1.29 is 14.4 Å². The van der Waals surface area contributed by atoms with Crippen LogP contribution >= 0.6 is 0 Å². The summed E-state index contributed by atoms with van der Waals surface area (Å²) in [5, 5.41) is 0. The molecule has 0 unspecified atom stereocenters. The third-order valence-electron chi connectivity index (χ3n) is 3.20. The van der Waals surface area contributed by atoms with Gasteiger partial charge in [-0.3, -0.25) is 14.4 Å². The van der Waals surface area contributed by atoms with Gasteiger partial charge in [0, 0.05) is 19.4 Å². The number of aromatic nitrogens is 2. The van der Waals surface area contributed by atoms with Gasteiger partial charge in [0.15, 0.2) is 5.78 Å². The van der Waals surface area contributed by atoms with E-state index in [2.05, 4.69) is 0 Å². The molecule has 2 aromatic rings. The minimum absolute atomic E-state index is 0.164. The molecule has 0 aliphatic rings. The first-order valence-corrected chi connectivity index (χ1v) is 6.06. The summed E-state index contributed by atoms with van der Waals surface area (Å²) < 4.78 is 1.84. The molecule has 1 heterocycles. The molecule has 0 saturated carbocycles. The summed E-state index contributed by atoms with van der Waals surface area (Å²) in [5.74, 6) is -1.14. The monoisotopic (exact) mass is 274 g/mol. The zero-order valence-electron chi connectivity index (χ0n) is 11.7. The number of carbonyl (C=O) groups is 3. The lowest BCUT2D eigenvalue weighted by molar-refractivity contribution is 0.0923. The highest BCUT2D eigenvalue weighted by Gasteiger charge is 2.20. The number of carbonyl (C=O) groups excluding carboxylic acids is 3. The average Bonchev–Trinajstić information content (AvgIpc) is 2.58. The molecule has 6 heteroatoms. The van der Waals surface area contributed by atoms with Gasteiger partial charge < -0.3 is 0 Å². The SMILES string of the molecule is CC(=O)c1cc2c(cc1C)n(C(C)=O)c(=O)n2C(C)=O. The lowest BCUT2D eigenvalue weighted by atomic mass is 10.0. The third-order valence-corrected chi connectivity index (χ3v) is 3.20. The molecule has 0 aliphatic carbocycles. The summed E-state index contributed by atoms with van der Waals surface area (Å²) in [5.41, 5.74) is 0.975. The van der Waals surface area contributed by atoms with E-state index in [1.807, 2.05) is 0 Å². The molecule has 0 amide bonds. The van der Waals surface area contributed by atoms with E-state index < -0.39 is 17.5 Å². The van der Waals surface area contributed by atoms with Crippen molar-refractivity contribution in [2.75, 3.05) is 0 Å². The van der Waals surface area contributed by atoms with Crippen molar-refractivity contribution in [2.45, 2.75) is 27.7 Å². The predicted octanol–water partition coefficient (Wildman–Crippen LogP) is 1.63. The molecule has 2 rings (SSSR count). The van der Waals surface area contributed by atoms with Crippen LogP contribution in [0.25, 0.3) is 11.0 Å². The number of benzene rings is 1. The molecule has 0 bridgehead atoms. The summed E-state index contributed by atoms with van der Waals surface area (Å²) in [4.78, 5) is 47.0. The fourth-order valence-corrected chi connectivity index (χ4v) is 2.33. The average molecular weight is 274 g/mol. The molecule has 0 atom stereocenters. The van der Waals surface area contributed by atoms with Gasteiger partial charge >= 0.3 is 5.69 Å². The molecule has 0 saturated heterocycles. The lowest BCUT2D eigenvalue weighted by Gasteiger charge is -2.04. The molecule has 0 N–H and O–H groups in total. The van der Waals surface area contributed by atoms with E-state index in [-0.39, 0.29) is 11.3 Å². The number of imidazole rings is 1. The van der Waals surface area contributed by atoms with Crippen LogP contribution in [0.3, 0.4) is 0 Å². The van der Waals surface area contributed by atoms with Crippen LogP contribution in [-0.4, -0.2) is 26.7 Å². The Labute approximate surface area is 114 Å². The summed E-state index contributed by atoms with van der Waals surface area (Å²) in [6.07, 6.45) is 0. The fourth-order valence-electron chi connectivity index (χ4n) is 2.33. The Balaban J connectivity index is 3.06. The Morgan fingerprint density at radius 1 is 0.900 bits per heavy atom. The summed E-state index contributed by atoms with van der Waals surface area (Å²) in [6, 6.07) is 3.06. The normalized spacial score (nSPS) is 10.8. The predicted molar refractivity (Wildman–Crippen MR) is 73.5 cm³/mol. The molecule has 1 aromatic heterocycles. The maximum absolute atomic E-state index is 12.2. The standard InChI is InChI=1S/C14H14N2O4/c1-7-5-12-13(6-11(7)8(2)17)16(10(4)19)14(20)15(12)9(3)18/h5-6H,1-4H3. The van der Waals surface area contributed by atoms with Gasteiger partial charge in [0.05, 0.1) is 11.0 Å². The highest BCUT2D eigenvalue weighted by Crippen LogP contribution is 2.20. The Hall–Kier alpha value is -2.50. The van der Waals surface area contributed by atoms with Crippen molar-refractivity contribution in [3.8, 4) is 0 Å². The lowest BCUT2D eigenvalue weighted by Crippen LogP contribution is -2.30. The van der Waals surface area contributed by atoms with Gasteiger partial charge in [-0.05, 0) is 31.5 Å². The number of ketones is 1. The highest BCUT2D eigenvalue weighted by molar-refractivity contribution is 6.02. The van der Waals surface area contributed by atoms with E-state index in [4.69, 9.17) is 0 Å². The maximum Gasteiger partial charge on any atom is 0.342 e. The molecule has 6 nitrogen and oxygen atoms in total. The van der Waals surface area contributed by atoms with Crippen LogP contribution in [0.15, 0.2) is 16.9 Å². The smallest absolute Gasteiger partial charge is 0.294 e. The topological polar surface area (TPSA) is 78.1 Å². The number of rotatable bonds is 1. The summed E-state index contributed by atoms with van der Waals surface area (Å²) in [7, 11) is 0. The Morgan fingerprint density at radius 3 is 1.75 bits per heavy atom. The zero-order valence-corrected chi connectivity index (χ0v) is 11.7. The number of nitrogens with zero attached hydrogens (tertiary/aromatic N) is 2. The van der Waals surface area contributed by atoms with Gasteiger partial charge in [-0.1, -0.05) is 0 Å². The van der Waals surface area contributed by atoms with Gasteiger partial charge in [-0.25, -0.2) is 13.9 Å². The van der Waals surface area contributed by atoms with Gasteiger partial charge in [-0.2, -0.15) is 0 Å². The molecule has 0 aliphatic heterocycles. The largest absolute Gasteiger partial charge is 0.342 e. The fraction of sp³-hybridized carbons (Fsp3) is 0.286. The molecule has 0 fully saturated rings. The minimum Gasteiger partial charge on any atom is -0.294 e. The van der Waals surface area contributed by atoms with Crippen molar-refractivity contribution in [1.82, 2.24) is 9.13 Å². The van der Waals surface area contributed by atoms with E-state index in [1.165, 1.54) is 26.8 Å². The van der Waals surface area contributed by atoms with Gasteiger partial charge in [-0.15, -0.1) is 0 Å². The molecule has 0 radical (unpaired) electrons. The zero-order chi connectivity index (χ0) is 15.2. The Morgan fingerprint density at radius 2 is 1.35 bits per heavy atom. The number of hydrogen-bond acceptors (Lipinski definition) is 4. The van der Waals surface area contributed by atoms with E-state index in [0.29, 0.717) is 16.6 Å². The van der Waals surface area contributed by atoms with Crippen molar-refractivity contribution in [2.24, 2.45) is 0 Å². The van der Waals surface area contributed by atoms with E-state index >= 15 is 0 Å². The number of hydrogen-bond donors (Lipinski definition) is 0. The molecule has 104 valence electrons. The minimum atomic E-state index is -0.708. The first kappa shape index (κ1) is 13.9. The van der Waals surface area contributed by atoms with Crippen molar-refractivity contribution in [1.29, 1.82) is 0 Å².